The lowest BCUT2D eigenvalue weighted by atomic mass is 10.2. The molecule has 0 saturated heterocycles. The van der Waals surface area contributed by atoms with Crippen LogP contribution in [0.2, 0.25) is 0 Å². The number of aromatic nitrogens is 2. The van der Waals surface area contributed by atoms with Gasteiger partial charge in [0.05, 0.1) is 17.9 Å². The minimum absolute atomic E-state index is 0.369. The molecular formula is C17H23N5. The summed E-state index contributed by atoms with van der Waals surface area (Å²) in [5.41, 5.74) is 2.37. The van der Waals surface area contributed by atoms with Gasteiger partial charge in [-0.2, -0.15) is 5.10 Å². The fourth-order valence-corrected chi connectivity index (χ4v) is 2.71. The Morgan fingerprint density at radius 2 is 1.82 bits per heavy atom. The molecule has 5 heteroatoms. The SMILES string of the molecule is CN(C)C(=N[C@@H]1C[C@H]1c1cnn(-c2ccccc2)c1)N(C)C. The van der Waals surface area contributed by atoms with Crippen LogP contribution in [0.3, 0.4) is 0 Å². The zero-order valence-corrected chi connectivity index (χ0v) is 13.6. The molecule has 0 unspecified atom stereocenters. The van der Waals surface area contributed by atoms with E-state index in [1.165, 1.54) is 5.56 Å². The largest absolute Gasteiger partial charge is 0.349 e. The van der Waals surface area contributed by atoms with E-state index in [0.717, 1.165) is 18.1 Å². The molecule has 116 valence electrons. The van der Waals surface area contributed by atoms with E-state index in [1.54, 1.807) is 0 Å². The minimum Gasteiger partial charge on any atom is -0.349 e. The first kappa shape index (κ1) is 14.6. The Morgan fingerprint density at radius 1 is 1.14 bits per heavy atom. The number of hydrogen-bond donors (Lipinski definition) is 0. The van der Waals surface area contributed by atoms with E-state index < -0.39 is 0 Å². The van der Waals surface area contributed by atoms with Gasteiger partial charge in [-0.15, -0.1) is 0 Å². The van der Waals surface area contributed by atoms with Gasteiger partial charge in [0.15, 0.2) is 5.96 Å². The highest BCUT2D eigenvalue weighted by molar-refractivity contribution is 5.79. The van der Waals surface area contributed by atoms with Gasteiger partial charge in [0.1, 0.15) is 0 Å². The topological polar surface area (TPSA) is 36.7 Å². The summed E-state index contributed by atoms with van der Waals surface area (Å²) >= 11 is 0. The van der Waals surface area contributed by atoms with Gasteiger partial charge in [-0.25, -0.2) is 9.67 Å². The molecule has 2 atom stereocenters. The fourth-order valence-electron chi connectivity index (χ4n) is 2.71. The molecule has 1 aromatic heterocycles. The molecule has 5 nitrogen and oxygen atoms in total. The molecule has 3 rings (SSSR count). The van der Waals surface area contributed by atoms with Crippen LogP contribution in [0.4, 0.5) is 0 Å². The molecular weight excluding hydrogens is 274 g/mol. The van der Waals surface area contributed by atoms with Crippen LogP contribution in [0.5, 0.6) is 0 Å². The maximum atomic E-state index is 4.86. The van der Waals surface area contributed by atoms with Crippen LogP contribution in [0.15, 0.2) is 47.7 Å². The predicted octanol–water partition coefficient (Wildman–Crippen LogP) is 2.21. The lowest BCUT2D eigenvalue weighted by Crippen LogP contribution is -2.35. The summed E-state index contributed by atoms with van der Waals surface area (Å²) < 4.78 is 1.94. The molecule has 0 spiro atoms. The summed E-state index contributed by atoms with van der Waals surface area (Å²) in [7, 11) is 8.13. The van der Waals surface area contributed by atoms with Crippen molar-refractivity contribution in [3.63, 3.8) is 0 Å². The number of aliphatic imine (C=N–C) groups is 1. The highest BCUT2D eigenvalue weighted by atomic mass is 15.3. The maximum Gasteiger partial charge on any atom is 0.195 e. The van der Waals surface area contributed by atoms with Crippen molar-refractivity contribution in [2.75, 3.05) is 28.2 Å². The third kappa shape index (κ3) is 2.98. The summed E-state index contributed by atoms with van der Waals surface area (Å²) in [6.45, 7) is 0. The van der Waals surface area contributed by atoms with Crippen LogP contribution in [-0.2, 0) is 0 Å². The molecule has 0 radical (unpaired) electrons. The van der Waals surface area contributed by atoms with Crippen LogP contribution in [0.25, 0.3) is 5.69 Å². The summed E-state index contributed by atoms with van der Waals surface area (Å²) in [6, 6.07) is 10.6. The molecule has 0 N–H and O–H groups in total. The highest BCUT2D eigenvalue weighted by Gasteiger charge is 2.40. The summed E-state index contributed by atoms with van der Waals surface area (Å²) in [5.74, 6) is 1.51. The Bertz CT molecular complexity index is 647. The standard InChI is InChI=1S/C17H23N5/c1-20(2)17(21(3)4)19-16-10-15(16)13-11-18-22(12-13)14-8-6-5-7-9-14/h5-9,11-12,15-16H,10H2,1-4H3/t15-,16+/m0/s1. The Labute approximate surface area is 131 Å². The number of nitrogens with zero attached hydrogens (tertiary/aromatic N) is 5. The summed E-state index contributed by atoms with van der Waals surface area (Å²) in [5, 5.41) is 4.48. The number of hydrogen-bond acceptors (Lipinski definition) is 2. The van der Waals surface area contributed by atoms with Gasteiger partial charge >= 0.3 is 0 Å². The van der Waals surface area contributed by atoms with Gasteiger partial charge in [0, 0.05) is 40.3 Å². The predicted molar refractivity (Wildman–Crippen MR) is 89.5 cm³/mol. The Kier molecular flexibility index (Phi) is 3.88. The second-order valence-electron chi connectivity index (χ2n) is 6.18. The normalized spacial score (nSPS) is 19.6. The van der Waals surface area contributed by atoms with Gasteiger partial charge in [0.2, 0.25) is 0 Å². The van der Waals surface area contributed by atoms with Gasteiger partial charge in [-0.05, 0) is 24.1 Å². The first-order chi connectivity index (χ1) is 10.6. The second-order valence-corrected chi connectivity index (χ2v) is 6.18. The van der Waals surface area contributed by atoms with E-state index in [2.05, 4.69) is 33.2 Å². The van der Waals surface area contributed by atoms with Crippen molar-refractivity contribution in [2.45, 2.75) is 18.4 Å². The molecule has 1 aromatic carbocycles. The van der Waals surface area contributed by atoms with E-state index >= 15 is 0 Å². The van der Waals surface area contributed by atoms with Crippen molar-refractivity contribution in [1.29, 1.82) is 0 Å². The Balaban J connectivity index is 1.73. The van der Waals surface area contributed by atoms with E-state index in [0.29, 0.717) is 12.0 Å². The lowest BCUT2D eigenvalue weighted by Gasteiger charge is -2.22. The summed E-state index contributed by atoms with van der Waals surface area (Å²) in [6.07, 6.45) is 5.20. The van der Waals surface area contributed by atoms with E-state index in [-0.39, 0.29) is 0 Å². The van der Waals surface area contributed by atoms with Crippen LogP contribution in [0, 0.1) is 0 Å². The van der Waals surface area contributed by atoms with Crippen molar-refractivity contribution in [2.24, 2.45) is 4.99 Å². The van der Waals surface area contributed by atoms with E-state index in [9.17, 15) is 0 Å². The van der Waals surface area contributed by atoms with Crippen LogP contribution in [0.1, 0.15) is 17.9 Å². The van der Waals surface area contributed by atoms with Gasteiger partial charge in [-0.1, -0.05) is 18.2 Å². The van der Waals surface area contributed by atoms with Gasteiger partial charge in [-0.3, -0.25) is 0 Å². The molecule has 2 aromatic rings. The van der Waals surface area contributed by atoms with Crippen LogP contribution < -0.4 is 0 Å². The van der Waals surface area contributed by atoms with Crippen molar-refractivity contribution in [1.82, 2.24) is 19.6 Å². The van der Waals surface area contributed by atoms with Crippen molar-refractivity contribution < 1.29 is 0 Å². The van der Waals surface area contributed by atoms with Gasteiger partial charge < -0.3 is 9.80 Å². The number of rotatable bonds is 3. The van der Waals surface area contributed by atoms with E-state index in [1.807, 2.05) is 57.3 Å². The number of para-hydroxylation sites is 1. The quantitative estimate of drug-likeness (QED) is 0.644. The molecule has 0 aliphatic heterocycles. The zero-order chi connectivity index (χ0) is 15.7. The smallest absolute Gasteiger partial charge is 0.195 e. The summed E-state index contributed by atoms with van der Waals surface area (Å²) in [4.78, 5) is 8.97. The molecule has 1 aliphatic rings. The third-order valence-electron chi connectivity index (χ3n) is 3.89. The number of benzene rings is 1. The molecule has 1 heterocycles. The Morgan fingerprint density at radius 3 is 2.45 bits per heavy atom. The first-order valence-corrected chi connectivity index (χ1v) is 7.58. The van der Waals surface area contributed by atoms with Gasteiger partial charge in [0.25, 0.3) is 0 Å². The zero-order valence-electron chi connectivity index (χ0n) is 13.6. The lowest BCUT2D eigenvalue weighted by molar-refractivity contribution is 0.479. The molecule has 22 heavy (non-hydrogen) atoms. The minimum atomic E-state index is 0.369. The molecule has 1 fully saturated rings. The molecule has 1 saturated carbocycles. The maximum absolute atomic E-state index is 4.86. The molecule has 0 bridgehead atoms. The van der Waals surface area contributed by atoms with Crippen LogP contribution in [-0.4, -0.2) is 59.8 Å². The van der Waals surface area contributed by atoms with Crippen LogP contribution >= 0.6 is 0 Å². The highest BCUT2D eigenvalue weighted by Crippen LogP contribution is 2.43. The van der Waals surface area contributed by atoms with E-state index in [4.69, 9.17) is 4.99 Å². The van der Waals surface area contributed by atoms with Crippen molar-refractivity contribution >= 4 is 5.96 Å². The second kappa shape index (κ2) is 5.83. The monoisotopic (exact) mass is 297 g/mol. The first-order valence-electron chi connectivity index (χ1n) is 7.58. The third-order valence-corrected chi connectivity index (χ3v) is 3.89. The molecule has 1 aliphatic carbocycles. The Hall–Kier alpha value is -2.30. The van der Waals surface area contributed by atoms with Crippen molar-refractivity contribution in [3.8, 4) is 5.69 Å². The average molecular weight is 297 g/mol. The van der Waals surface area contributed by atoms with Crippen molar-refractivity contribution in [3.05, 3.63) is 48.3 Å². The average Bonchev–Trinajstić information content (AvgIpc) is 3.10. The molecule has 0 amide bonds. The number of guanidine groups is 1. The fraction of sp³-hybridized carbons (Fsp3) is 0.412.